The molecule has 81 heavy (non-hydrogen) atoms. The second-order valence-electron chi connectivity index (χ2n) is 21.4. The molecule has 6 heteroatoms. The Hall–Kier alpha value is -11.0. The molecule has 4 heterocycles. The van der Waals surface area contributed by atoms with Crippen LogP contribution in [0.15, 0.2) is 267 Å². The quantitative estimate of drug-likeness (QED) is 0.173. The van der Waals surface area contributed by atoms with Gasteiger partial charge in [-0.2, -0.15) is 9.97 Å². The van der Waals surface area contributed by atoms with Crippen LogP contribution in [0.3, 0.4) is 0 Å². The molecule has 0 amide bonds. The predicted octanol–water partition coefficient (Wildman–Crippen LogP) is 19.4. The average Bonchev–Trinajstić information content (AvgIpc) is 4.40. The SMILES string of the molecule is c1ccc(-n2c3ccc4ccccc4c3c3c4ccccc4ccc32)c(-c2nc(-c3ccccc3-n3c4ccc5ccccc5c4c4c5ccccc5ccc43)nc(-n3c4ccc5ccccc5c4c4c5ccccc5ccc43)n2)c1. The molecule has 18 rings (SSSR count). The van der Waals surface area contributed by atoms with E-state index in [0.29, 0.717) is 17.6 Å². The minimum atomic E-state index is 0.531. The van der Waals surface area contributed by atoms with E-state index in [9.17, 15) is 0 Å². The summed E-state index contributed by atoms with van der Waals surface area (Å²) in [7, 11) is 0. The van der Waals surface area contributed by atoms with Crippen molar-refractivity contribution in [3.8, 4) is 40.1 Å². The number of fused-ring (bicyclic) bond motifs is 21. The van der Waals surface area contributed by atoms with Gasteiger partial charge in [0.15, 0.2) is 11.6 Å². The molecule has 0 saturated carbocycles. The van der Waals surface area contributed by atoms with Gasteiger partial charge < -0.3 is 9.13 Å². The van der Waals surface area contributed by atoms with Crippen molar-refractivity contribution in [1.82, 2.24) is 28.7 Å². The van der Waals surface area contributed by atoms with Gasteiger partial charge in [-0.15, -0.1) is 0 Å². The van der Waals surface area contributed by atoms with Gasteiger partial charge in [-0.05, 0) is 125 Å². The van der Waals surface area contributed by atoms with E-state index in [1.807, 2.05) is 0 Å². The first-order valence-electron chi connectivity index (χ1n) is 27.7. The second kappa shape index (κ2) is 16.8. The normalized spacial score (nSPS) is 12.2. The van der Waals surface area contributed by atoms with E-state index in [1.165, 1.54) is 97.0 Å². The summed E-state index contributed by atoms with van der Waals surface area (Å²) in [6.45, 7) is 0. The molecule has 0 atom stereocenters. The lowest BCUT2D eigenvalue weighted by Crippen LogP contribution is -2.09. The lowest BCUT2D eigenvalue weighted by molar-refractivity contribution is 0.950. The Bertz CT molecular complexity index is 5210. The van der Waals surface area contributed by atoms with Crippen molar-refractivity contribution in [1.29, 1.82) is 0 Å². The second-order valence-corrected chi connectivity index (χ2v) is 21.4. The number of hydrogen-bond acceptors (Lipinski definition) is 3. The molecule has 0 aliphatic carbocycles. The van der Waals surface area contributed by atoms with E-state index < -0.39 is 0 Å². The van der Waals surface area contributed by atoms with Crippen LogP contribution in [0.4, 0.5) is 0 Å². The van der Waals surface area contributed by atoms with E-state index in [4.69, 9.17) is 15.0 Å². The van der Waals surface area contributed by atoms with Gasteiger partial charge in [0.1, 0.15) is 0 Å². The molecule has 0 unspecified atom stereocenters. The van der Waals surface area contributed by atoms with Gasteiger partial charge in [-0.25, -0.2) is 4.98 Å². The smallest absolute Gasteiger partial charge is 0.238 e. The summed E-state index contributed by atoms with van der Waals surface area (Å²) in [6, 6.07) is 96.9. The Morgan fingerprint density at radius 2 is 0.432 bits per heavy atom. The van der Waals surface area contributed by atoms with Crippen LogP contribution in [-0.4, -0.2) is 28.7 Å². The molecule has 14 aromatic carbocycles. The van der Waals surface area contributed by atoms with Crippen molar-refractivity contribution >= 4 is 130 Å². The van der Waals surface area contributed by atoms with E-state index in [2.05, 4.69) is 281 Å². The number of nitrogens with zero attached hydrogens (tertiary/aromatic N) is 6. The molecule has 0 aliphatic rings. The molecule has 0 saturated heterocycles. The summed E-state index contributed by atoms with van der Waals surface area (Å²) in [5.41, 5.74) is 10.2. The number of para-hydroxylation sites is 2. The van der Waals surface area contributed by atoms with Gasteiger partial charge in [-0.1, -0.05) is 206 Å². The van der Waals surface area contributed by atoms with Gasteiger partial charge in [0.05, 0.1) is 44.5 Å². The van der Waals surface area contributed by atoms with E-state index in [-0.39, 0.29) is 0 Å². The molecule has 0 radical (unpaired) electrons. The third kappa shape index (κ3) is 6.24. The van der Waals surface area contributed by atoms with Crippen LogP contribution in [-0.2, 0) is 0 Å². The molecule has 0 spiro atoms. The number of aromatic nitrogens is 6. The summed E-state index contributed by atoms with van der Waals surface area (Å²) in [5, 5.41) is 21.6. The summed E-state index contributed by atoms with van der Waals surface area (Å²) >= 11 is 0. The number of rotatable bonds is 5. The molecular formula is C75H44N6. The maximum atomic E-state index is 5.74. The van der Waals surface area contributed by atoms with E-state index in [1.54, 1.807) is 0 Å². The third-order valence-electron chi connectivity index (χ3n) is 17.2. The molecule has 4 aromatic heterocycles. The Morgan fingerprint density at radius 3 is 0.716 bits per heavy atom. The zero-order valence-electron chi connectivity index (χ0n) is 43.6. The van der Waals surface area contributed by atoms with Crippen LogP contribution in [0.5, 0.6) is 0 Å². The Labute approximate surface area is 463 Å². The van der Waals surface area contributed by atoms with Crippen molar-refractivity contribution in [2.45, 2.75) is 0 Å². The van der Waals surface area contributed by atoms with Crippen molar-refractivity contribution in [2.75, 3.05) is 0 Å². The molecule has 6 nitrogen and oxygen atoms in total. The molecule has 0 bridgehead atoms. The minimum absolute atomic E-state index is 0.531. The summed E-state index contributed by atoms with van der Waals surface area (Å²) < 4.78 is 7.14. The zero-order chi connectivity index (χ0) is 52.9. The fourth-order valence-corrected chi connectivity index (χ4v) is 13.8. The molecule has 0 N–H and O–H groups in total. The number of benzene rings is 14. The highest BCUT2D eigenvalue weighted by atomic mass is 15.2. The third-order valence-corrected chi connectivity index (χ3v) is 17.2. The van der Waals surface area contributed by atoms with Crippen molar-refractivity contribution in [3.05, 3.63) is 267 Å². The van der Waals surface area contributed by atoms with E-state index >= 15 is 0 Å². The standard InChI is InChI=1S/C75H44N6/c1-7-23-51-45(17-1)33-39-61-67(51)68-52-24-8-2-18-46(52)34-40-62(68)79(61)59-31-15-13-29-57(59)73-76-74(78-75(77-73)81-65-43-37-49-21-5-11-27-55(49)71(65)72-56-28-12-6-22-50(56)38-44-66(72)81)58-30-14-16-32-60(58)80-63-41-35-47-19-3-9-25-53(47)69(63)70-54-26-10-4-20-48(54)36-42-64(70)80/h1-44H. The van der Waals surface area contributed by atoms with E-state index in [0.717, 1.165) is 55.6 Å². The van der Waals surface area contributed by atoms with Crippen molar-refractivity contribution in [2.24, 2.45) is 0 Å². The lowest BCUT2D eigenvalue weighted by Gasteiger charge is -2.17. The summed E-state index contributed by atoms with van der Waals surface area (Å²) in [5.74, 6) is 1.66. The molecule has 0 fully saturated rings. The first kappa shape index (κ1) is 44.1. The maximum Gasteiger partial charge on any atom is 0.238 e. The maximum absolute atomic E-state index is 5.74. The molecule has 374 valence electrons. The molecule has 18 aromatic rings. The first-order chi connectivity index (χ1) is 40.2. The molecular weight excluding hydrogens is 985 g/mol. The summed E-state index contributed by atoms with van der Waals surface area (Å²) in [4.78, 5) is 17.2. The van der Waals surface area contributed by atoms with Gasteiger partial charge >= 0.3 is 0 Å². The largest absolute Gasteiger partial charge is 0.308 e. The number of hydrogen-bond donors (Lipinski definition) is 0. The zero-order valence-corrected chi connectivity index (χ0v) is 43.6. The van der Waals surface area contributed by atoms with Gasteiger partial charge in [0.25, 0.3) is 0 Å². The highest BCUT2D eigenvalue weighted by Gasteiger charge is 2.26. The monoisotopic (exact) mass is 1030 g/mol. The van der Waals surface area contributed by atoms with Gasteiger partial charge in [-0.3, -0.25) is 4.57 Å². The lowest BCUT2D eigenvalue weighted by atomic mass is 10.00. The van der Waals surface area contributed by atoms with Crippen molar-refractivity contribution < 1.29 is 0 Å². The van der Waals surface area contributed by atoms with Crippen LogP contribution in [0.25, 0.3) is 170 Å². The van der Waals surface area contributed by atoms with Crippen LogP contribution in [0, 0.1) is 0 Å². The minimum Gasteiger partial charge on any atom is -0.308 e. The highest BCUT2D eigenvalue weighted by molar-refractivity contribution is 6.31. The fourth-order valence-electron chi connectivity index (χ4n) is 13.8. The fraction of sp³-hybridized carbons (Fsp3) is 0. The van der Waals surface area contributed by atoms with Crippen LogP contribution in [0.2, 0.25) is 0 Å². The van der Waals surface area contributed by atoms with Crippen molar-refractivity contribution in [3.63, 3.8) is 0 Å². The Balaban J connectivity index is 0.970. The highest BCUT2D eigenvalue weighted by Crippen LogP contribution is 2.46. The Kier molecular flexibility index (Phi) is 9.13. The molecule has 0 aliphatic heterocycles. The van der Waals surface area contributed by atoms with Gasteiger partial charge in [0, 0.05) is 43.4 Å². The van der Waals surface area contributed by atoms with Crippen LogP contribution >= 0.6 is 0 Å². The topological polar surface area (TPSA) is 53.5 Å². The predicted molar refractivity (Wildman–Crippen MR) is 339 cm³/mol. The summed E-state index contributed by atoms with van der Waals surface area (Å²) in [6.07, 6.45) is 0. The first-order valence-corrected chi connectivity index (χ1v) is 27.7. The van der Waals surface area contributed by atoms with Gasteiger partial charge in [0.2, 0.25) is 5.95 Å². The van der Waals surface area contributed by atoms with Crippen LogP contribution in [0.1, 0.15) is 0 Å². The average molecular weight is 1030 g/mol. The Morgan fingerprint density at radius 1 is 0.198 bits per heavy atom. The van der Waals surface area contributed by atoms with Crippen LogP contribution < -0.4 is 0 Å².